The smallest absolute Gasteiger partial charge is 0.156 e. The molecule has 2 aliphatic rings. The molecule has 0 bridgehead atoms. The van der Waals surface area contributed by atoms with Crippen LogP contribution in [0.5, 0.6) is 0 Å². The summed E-state index contributed by atoms with van der Waals surface area (Å²) in [7, 11) is 0. The second-order valence-corrected chi connectivity index (χ2v) is 8.43. The van der Waals surface area contributed by atoms with E-state index in [-0.39, 0.29) is 0 Å². The van der Waals surface area contributed by atoms with E-state index in [2.05, 4.69) is 38.0 Å². The summed E-state index contributed by atoms with van der Waals surface area (Å²) >= 11 is 1.96. The van der Waals surface area contributed by atoms with Gasteiger partial charge in [-0.1, -0.05) is 52.3 Å². The Labute approximate surface area is 123 Å². The molecule has 1 aliphatic carbocycles. The number of hydrogen-bond donors (Lipinski definition) is 1. The fraction of sp³-hybridized carbons (Fsp3) is 0.938. The standard InChI is InChI=1S/C16H30N2S/c1-12(2)9-16(7-5-6-8-16)11-18-15-17-10-14(19-15)13(3)4/h12-14H,5-11H2,1-4H3,(H,17,18). The Morgan fingerprint density at radius 2 is 1.95 bits per heavy atom. The molecule has 1 N–H and O–H groups in total. The van der Waals surface area contributed by atoms with Gasteiger partial charge in [-0.05, 0) is 36.5 Å². The lowest BCUT2D eigenvalue weighted by molar-refractivity contribution is 0.236. The van der Waals surface area contributed by atoms with Crippen molar-refractivity contribution in [2.45, 2.75) is 65.0 Å². The molecule has 0 saturated heterocycles. The molecule has 1 saturated carbocycles. The Hall–Kier alpha value is -0.180. The van der Waals surface area contributed by atoms with Crippen LogP contribution in [0.1, 0.15) is 59.8 Å². The van der Waals surface area contributed by atoms with E-state index >= 15 is 0 Å². The Bertz CT molecular complexity index is 317. The number of rotatable bonds is 5. The van der Waals surface area contributed by atoms with Gasteiger partial charge >= 0.3 is 0 Å². The average molecular weight is 282 g/mol. The lowest BCUT2D eigenvalue weighted by Gasteiger charge is -2.31. The van der Waals surface area contributed by atoms with Crippen LogP contribution in [0.15, 0.2) is 4.99 Å². The average Bonchev–Trinajstić information content (AvgIpc) is 2.94. The van der Waals surface area contributed by atoms with Crippen molar-refractivity contribution < 1.29 is 0 Å². The van der Waals surface area contributed by atoms with Gasteiger partial charge in [0, 0.05) is 11.8 Å². The predicted molar refractivity (Wildman–Crippen MR) is 86.9 cm³/mol. The van der Waals surface area contributed by atoms with Gasteiger partial charge in [0.25, 0.3) is 0 Å². The topological polar surface area (TPSA) is 24.4 Å². The van der Waals surface area contributed by atoms with Crippen molar-refractivity contribution in [1.29, 1.82) is 0 Å². The van der Waals surface area contributed by atoms with Gasteiger partial charge in [0.05, 0.1) is 6.54 Å². The minimum Gasteiger partial charge on any atom is -0.364 e. The van der Waals surface area contributed by atoms with Crippen molar-refractivity contribution in [3.63, 3.8) is 0 Å². The maximum atomic E-state index is 4.68. The van der Waals surface area contributed by atoms with Crippen LogP contribution in [0, 0.1) is 17.3 Å². The quantitative estimate of drug-likeness (QED) is 0.812. The summed E-state index contributed by atoms with van der Waals surface area (Å²) in [5, 5.41) is 5.56. The van der Waals surface area contributed by atoms with Gasteiger partial charge in [0.15, 0.2) is 5.17 Å². The summed E-state index contributed by atoms with van der Waals surface area (Å²) in [6, 6.07) is 0. The van der Waals surface area contributed by atoms with Crippen LogP contribution in [0.25, 0.3) is 0 Å². The van der Waals surface area contributed by atoms with E-state index in [9.17, 15) is 0 Å². The molecular formula is C16H30N2S. The summed E-state index contributed by atoms with van der Waals surface area (Å²) in [4.78, 5) is 4.68. The largest absolute Gasteiger partial charge is 0.364 e. The van der Waals surface area contributed by atoms with E-state index in [4.69, 9.17) is 0 Å². The monoisotopic (exact) mass is 282 g/mol. The maximum absolute atomic E-state index is 4.68. The molecule has 0 aromatic carbocycles. The van der Waals surface area contributed by atoms with E-state index in [1.807, 2.05) is 11.8 Å². The fourth-order valence-corrected chi connectivity index (χ4v) is 4.56. The van der Waals surface area contributed by atoms with Gasteiger partial charge in [-0.15, -0.1) is 0 Å². The molecule has 0 aromatic rings. The van der Waals surface area contributed by atoms with Crippen LogP contribution in [0.2, 0.25) is 0 Å². The van der Waals surface area contributed by atoms with Crippen molar-refractivity contribution >= 4 is 16.9 Å². The van der Waals surface area contributed by atoms with Gasteiger partial charge in [-0.25, -0.2) is 0 Å². The first-order valence-corrected chi connectivity index (χ1v) is 8.84. The van der Waals surface area contributed by atoms with Crippen LogP contribution in [-0.2, 0) is 0 Å². The molecule has 19 heavy (non-hydrogen) atoms. The van der Waals surface area contributed by atoms with Crippen molar-refractivity contribution in [3.8, 4) is 0 Å². The maximum Gasteiger partial charge on any atom is 0.156 e. The zero-order chi connectivity index (χ0) is 13.9. The number of hydrogen-bond acceptors (Lipinski definition) is 3. The van der Waals surface area contributed by atoms with Gasteiger partial charge in [-0.3, -0.25) is 4.99 Å². The summed E-state index contributed by atoms with van der Waals surface area (Å²) in [6.45, 7) is 11.5. The van der Waals surface area contributed by atoms with Crippen molar-refractivity contribution in [2.75, 3.05) is 13.1 Å². The van der Waals surface area contributed by atoms with Crippen LogP contribution >= 0.6 is 11.8 Å². The summed E-state index contributed by atoms with van der Waals surface area (Å²) < 4.78 is 0. The SMILES string of the molecule is CC(C)CC1(CNC2=NCC(C(C)C)S2)CCCC1. The zero-order valence-electron chi connectivity index (χ0n) is 13.0. The molecule has 1 fully saturated rings. The molecule has 1 aliphatic heterocycles. The molecule has 1 unspecified atom stereocenters. The second kappa shape index (κ2) is 6.51. The summed E-state index contributed by atoms with van der Waals surface area (Å²) in [6.07, 6.45) is 7.02. The Morgan fingerprint density at radius 1 is 1.26 bits per heavy atom. The normalized spacial score (nSPS) is 26.2. The summed E-state index contributed by atoms with van der Waals surface area (Å²) in [5.74, 6) is 1.53. The molecule has 110 valence electrons. The number of thioether (sulfide) groups is 1. The Kier molecular flexibility index (Phi) is 5.22. The first kappa shape index (κ1) is 15.2. The number of amidine groups is 1. The zero-order valence-corrected chi connectivity index (χ0v) is 13.9. The highest BCUT2D eigenvalue weighted by molar-refractivity contribution is 8.14. The van der Waals surface area contributed by atoms with E-state index in [1.165, 1.54) is 37.3 Å². The highest BCUT2D eigenvalue weighted by Gasteiger charge is 2.35. The fourth-order valence-electron chi connectivity index (χ4n) is 3.54. The van der Waals surface area contributed by atoms with E-state index in [0.717, 1.165) is 24.9 Å². The Balaban J connectivity index is 1.83. The van der Waals surface area contributed by atoms with Crippen molar-refractivity contribution in [2.24, 2.45) is 22.2 Å². The molecule has 1 heterocycles. The number of aliphatic imine (C=N–C) groups is 1. The van der Waals surface area contributed by atoms with Crippen LogP contribution in [0.3, 0.4) is 0 Å². The van der Waals surface area contributed by atoms with Crippen LogP contribution in [0.4, 0.5) is 0 Å². The lowest BCUT2D eigenvalue weighted by Crippen LogP contribution is -2.35. The Morgan fingerprint density at radius 3 is 2.47 bits per heavy atom. The minimum absolute atomic E-state index is 0.549. The predicted octanol–water partition coefficient (Wildman–Crippen LogP) is 4.31. The summed E-state index contributed by atoms with van der Waals surface area (Å²) in [5.41, 5.74) is 0.549. The van der Waals surface area contributed by atoms with Gasteiger partial charge in [-0.2, -0.15) is 0 Å². The minimum atomic E-state index is 0.549. The molecule has 0 radical (unpaired) electrons. The highest BCUT2D eigenvalue weighted by Crippen LogP contribution is 2.42. The van der Waals surface area contributed by atoms with E-state index < -0.39 is 0 Å². The molecule has 0 spiro atoms. The van der Waals surface area contributed by atoms with Gasteiger partial charge in [0.1, 0.15) is 0 Å². The highest BCUT2D eigenvalue weighted by atomic mass is 32.2. The molecule has 1 atom stereocenters. The molecule has 0 aromatic heterocycles. The van der Waals surface area contributed by atoms with Gasteiger partial charge in [0.2, 0.25) is 0 Å². The molecule has 2 rings (SSSR count). The van der Waals surface area contributed by atoms with Crippen molar-refractivity contribution in [3.05, 3.63) is 0 Å². The molecule has 0 amide bonds. The van der Waals surface area contributed by atoms with Crippen molar-refractivity contribution in [1.82, 2.24) is 5.32 Å². The molecular weight excluding hydrogens is 252 g/mol. The first-order valence-electron chi connectivity index (χ1n) is 7.96. The third-order valence-electron chi connectivity index (χ3n) is 4.54. The lowest BCUT2D eigenvalue weighted by atomic mass is 9.78. The second-order valence-electron chi connectivity index (χ2n) is 7.20. The number of nitrogens with zero attached hydrogens (tertiary/aromatic N) is 1. The van der Waals surface area contributed by atoms with Crippen LogP contribution < -0.4 is 5.32 Å². The first-order chi connectivity index (χ1) is 9.01. The number of nitrogens with one attached hydrogen (secondary N) is 1. The van der Waals surface area contributed by atoms with Crippen LogP contribution in [-0.4, -0.2) is 23.5 Å². The van der Waals surface area contributed by atoms with Gasteiger partial charge < -0.3 is 5.32 Å². The third kappa shape index (κ3) is 4.14. The van der Waals surface area contributed by atoms with E-state index in [1.54, 1.807) is 0 Å². The molecule has 3 heteroatoms. The van der Waals surface area contributed by atoms with E-state index in [0.29, 0.717) is 10.7 Å². The molecule has 2 nitrogen and oxygen atoms in total. The third-order valence-corrected chi connectivity index (χ3v) is 6.03.